The Labute approximate surface area is 158 Å². The summed E-state index contributed by atoms with van der Waals surface area (Å²) >= 11 is 0. The number of hydrogen-bond acceptors (Lipinski definition) is 3. The van der Waals surface area contributed by atoms with Crippen LogP contribution >= 0.6 is 0 Å². The van der Waals surface area contributed by atoms with Crippen LogP contribution in [0.25, 0.3) is 0 Å². The zero-order valence-corrected chi connectivity index (χ0v) is 15.7. The van der Waals surface area contributed by atoms with E-state index in [-0.39, 0.29) is 29.7 Å². The molecule has 1 aliphatic heterocycles. The lowest BCUT2D eigenvalue weighted by molar-refractivity contribution is -0.243. The molecule has 4 saturated carbocycles. The van der Waals surface area contributed by atoms with Crippen LogP contribution in [0.1, 0.15) is 56.3 Å². The van der Waals surface area contributed by atoms with Gasteiger partial charge in [0.2, 0.25) is 0 Å². The van der Waals surface area contributed by atoms with Crippen molar-refractivity contribution < 1.29 is 19.1 Å². The van der Waals surface area contributed by atoms with Gasteiger partial charge in [-0.05, 0) is 88.0 Å². The van der Waals surface area contributed by atoms with Gasteiger partial charge in [-0.1, -0.05) is 0 Å². The predicted molar refractivity (Wildman–Crippen MR) is 95.8 cm³/mol. The molecule has 4 bridgehead atoms. The van der Waals surface area contributed by atoms with Crippen LogP contribution in [0, 0.1) is 23.6 Å². The number of carbonyl (C=O) groups is 2. The summed E-state index contributed by atoms with van der Waals surface area (Å²) in [6, 6.07) is 5.45. The first-order valence-electron chi connectivity index (χ1n) is 9.86. The monoisotopic (exact) mass is 372 g/mol. The van der Waals surface area contributed by atoms with Crippen LogP contribution in [0.15, 0.2) is 24.3 Å². The smallest absolute Gasteiger partial charge is 0.273 e. The molecule has 1 aromatic rings. The van der Waals surface area contributed by atoms with Crippen molar-refractivity contribution in [2.45, 2.75) is 63.1 Å². The van der Waals surface area contributed by atoms with Crippen LogP contribution < -0.4 is 0 Å². The molecule has 1 saturated heterocycles. The average molecular weight is 372 g/mol. The van der Waals surface area contributed by atoms with Gasteiger partial charge >= 0.3 is 0 Å². The first-order chi connectivity index (χ1) is 12.7. The number of rotatable bonds is 2. The Hall–Kier alpha value is -1.95. The van der Waals surface area contributed by atoms with Crippen molar-refractivity contribution in [1.29, 1.82) is 0 Å². The van der Waals surface area contributed by atoms with Crippen molar-refractivity contribution in [2.75, 3.05) is 0 Å². The Balaban J connectivity index is 1.47. The fraction of sp³-hybridized carbons (Fsp3) is 0.619. The molecule has 6 heteroatoms. The van der Waals surface area contributed by atoms with Crippen molar-refractivity contribution in [3.8, 4) is 0 Å². The van der Waals surface area contributed by atoms with Gasteiger partial charge in [-0.25, -0.2) is 14.4 Å². The van der Waals surface area contributed by atoms with E-state index in [1.807, 2.05) is 0 Å². The standard InChI is InChI=1S/C21H25FN2O3/c1-20(2)19(26)23(24(20)18(25)13-3-5-16(22)6-4-13)17-14-7-12-8-15(17)11-21(27,9-12)10-14/h3-6,12,14-15,17,27H,7-11H2,1-2H3/t12?,14-,15+,17?,21?. The molecule has 27 heavy (non-hydrogen) atoms. The molecule has 3 unspecified atom stereocenters. The van der Waals surface area contributed by atoms with Crippen LogP contribution in [0.4, 0.5) is 4.39 Å². The predicted octanol–water partition coefficient (Wildman–Crippen LogP) is 2.74. The minimum absolute atomic E-state index is 0.0215. The summed E-state index contributed by atoms with van der Waals surface area (Å²) in [6.07, 6.45) is 4.35. The summed E-state index contributed by atoms with van der Waals surface area (Å²) in [6.45, 7) is 3.52. The first-order valence-corrected chi connectivity index (χ1v) is 9.86. The van der Waals surface area contributed by atoms with E-state index in [4.69, 9.17) is 0 Å². The van der Waals surface area contributed by atoms with Crippen LogP contribution in [-0.2, 0) is 4.79 Å². The molecule has 0 radical (unpaired) electrons. The SMILES string of the molecule is CC1(C)C(=O)N(C2[C@@H]3CC4C[C@H]2CC(O)(C4)C3)N1C(=O)c1ccc(F)cc1. The van der Waals surface area contributed by atoms with Crippen molar-refractivity contribution in [2.24, 2.45) is 17.8 Å². The number of hydrazine groups is 1. The van der Waals surface area contributed by atoms with Crippen molar-refractivity contribution in [3.05, 3.63) is 35.6 Å². The van der Waals surface area contributed by atoms with Gasteiger partial charge in [-0.15, -0.1) is 0 Å². The molecule has 5 nitrogen and oxygen atoms in total. The summed E-state index contributed by atoms with van der Waals surface area (Å²) in [5, 5.41) is 14.1. The highest BCUT2D eigenvalue weighted by atomic mass is 19.1. The molecule has 5 aliphatic rings. The van der Waals surface area contributed by atoms with Gasteiger partial charge in [-0.3, -0.25) is 9.59 Å². The van der Waals surface area contributed by atoms with Crippen LogP contribution in [0.5, 0.6) is 0 Å². The van der Waals surface area contributed by atoms with E-state index in [1.54, 1.807) is 23.9 Å². The maximum Gasteiger partial charge on any atom is 0.273 e. The third-order valence-electron chi connectivity index (χ3n) is 7.23. The molecule has 2 amide bonds. The minimum atomic E-state index is -0.906. The lowest BCUT2D eigenvalue weighted by Crippen LogP contribution is -2.81. The van der Waals surface area contributed by atoms with E-state index in [0.717, 1.165) is 19.3 Å². The number of nitrogens with zero attached hydrogens (tertiary/aromatic N) is 2. The van der Waals surface area contributed by atoms with Gasteiger partial charge < -0.3 is 5.11 Å². The molecular formula is C21H25FN2O3. The molecule has 144 valence electrons. The molecule has 1 aromatic carbocycles. The highest BCUT2D eigenvalue weighted by Crippen LogP contribution is 2.58. The van der Waals surface area contributed by atoms with Gasteiger partial charge in [0, 0.05) is 5.56 Å². The van der Waals surface area contributed by atoms with Gasteiger partial charge in [-0.2, -0.15) is 0 Å². The molecule has 4 aliphatic carbocycles. The second-order valence-electron chi connectivity index (χ2n) is 9.52. The Bertz CT molecular complexity index is 805. The average Bonchev–Trinajstić information content (AvgIpc) is 2.58. The highest BCUT2D eigenvalue weighted by Gasteiger charge is 2.64. The fourth-order valence-electron chi connectivity index (χ4n) is 6.38. The van der Waals surface area contributed by atoms with Crippen LogP contribution in [-0.4, -0.2) is 44.1 Å². The second kappa shape index (κ2) is 5.31. The quantitative estimate of drug-likeness (QED) is 0.868. The van der Waals surface area contributed by atoms with E-state index in [9.17, 15) is 19.1 Å². The number of benzene rings is 1. The molecule has 1 N–H and O–H groups in total. The number of amides is 2. The Morgan fingerprint density at radius 1 is 1.11 bits per heavy atom. The first kappa shape index (κ1) is 17.2. The number of carbonyl (C=O) groups excluding carboxylic acids is 2. The molecule has 5 atom stereocenters. The van der Waals surface area contributed by atoms with Gasteiger partial charge in [0.25, 0.3) is 11.8 Å². The van der Waals surface area contributed by atoms with E-state index < -0.39 is 17.0 Å². The maximum atomic E-state index is 13.2. The third-order valence-corrected chi connectivity index (χ3v) is 7.23. The summed E-state index contributed by atoms with van der Waals surface area (Å²) in [5.74, 6) is 0.315. The third kappa shape index (κ3) is 2.32. The topological polar surface area (TPSA) is 60.9 Å². The lowest BCUT2D eigenvalue weighted by Gasteiger charge is -2.66. The number of halogens is 1. The molecule has 0 spiro atoms. The Morgan fingerprint density at radius 2 is 1.70 bits per heavy atom. The molecular weight excluding hydrogens is 347 g/mol. The Kier molecular flexibility index (Phi) is 3.38. The zero-order valence-electron chi connectivity index (χ0n) is 15.7. The minimum Gasteiger partial charge on any atom is -0.390 e. The summed E-state index contributed by atoms with van der Waals surface area (Å²) in [4.78, 5) is 26.2. The van der Waals surface area contributed by atoms with E-state index >= 15 is 0 Å². The highest BCUT2D eigenvalue weighted by molar-refractivity contribution is 6.04. The van der Waals surface area contributed by atoms with Crippen LogP contribution in [0.2, 0.25) is 0 Å². The molecule has 0 aromatic heterocycles. The molecule has 5 fully saturated rings. The van der Waals surface area contributed by atoms with Crippen LogP contribution in [0.3, 0.4) is 0 Å². The van der Waals surface area contributed by atoms with E-state index in [2.05, 4.69) is 0 Å². The van der Waals surface area contributed by atoms with E-state index in [0.29, 0.717) is 24.3 Å². The second-order valence-corrected chi connectivity index (χ2v) is 9.52. The van der Waals surface area contributed by atoms with Gasteiger partial charge in [0.05, 0.1) is 11.6 Å². The fourth-order valence-corrected chi connectivity index (χ4v) is 6.38. The summed E-state index contributed by atoms with van der Waals surface area (Å²) in [7, 11) is 0. The number of aliphatic hydroxyl groups is 1. The number of hydrogen-bond donors (Lipinski definition) is 1. The maximum absolute atomic E-state index is 13.2. The molecule has 1 heterocycles. The van der Waals surface area contributed by atoms with Crippen molar-refractivity contribution in [3.63, 3.8) is 0 Å². The van der Waals surface area contributed by atoms with E-state index in [1.165, 1.54) is 24.3 Å². The zero-order chi connectivity index (χ0) is 19.1. The Morgan fingerprint density at radius 3 is 2.26 bits per heavy atom. The lowest BCUT2D eigenvalue weighted by atomic mass is 9.52. The van der Waals surface area contributed by atoms with Gasteiger partial charge in [0.15, 0.2) is 0 Å². The van der Waals surface area contributed by atoms with Crippen molar-refractivity contribution in [1.82, 2.24) is 10.0 Å². The van der Waals surface area contributed by atoms with Crippen molar-refractivity contribution >= 4 is 11.8 Å². The van der Waals surface area contributed by atoms with Gasteiger partial charge in [0.1, 0.15) is 11.4 Å². The largest absolute Gasteiger partial charge is 0.390 e. The summed E-state index contributed by atoms with van der Waals surface area (Å²) in [5.41, 5.74) is -1.11. The normalized spacial score (nSPS) is 38.9. The molecule has 6 rings (SSSR count). The summed E-state index contributed by atoms with van der Waals surface area (Å²) < 4.78 is 13.2.